The summed E-state index contributed by atoms with van der Waals surface area (Å²) in [5.74, 6) is -0.0306. The average Bonchev–Trinajstić information content (AvgIpc) is 3.09. The van der Waals surface area contributed by atoms with Crippen LogP contribution in [0.3, 0.4) is 0 Å². The zero-order valence-corrected chi connectivity index (χ0v) is 22.4. The number of halogens is 3. The fourth-order valence-electron chi connectivity index (χ4n) is 5.34. The van der Waals surface area contributed by atoms with E-state index in [1.165, 1.54) is 16.6 Å². The summed E-state index contributed by atoms with van der Waals surface area (Å²) in [5.41, 5.74) is -3.24. The molecule has 1 aromatic carbocycles. The Labute approximate surface area is 228 Å². The molecule has 3 aliphatic rings. The number of aromatic nitrogens is 1. The second-order valence-corrected chi connectivity index (χ2v) is 12.1. The highest BCUT2D eigenvalue weighted by Gasteiger charge is 2.60. The number of nitrogens with zero attached hydrogens (tertiary/aromatic N) is 5. The van der Waals surface area contributed by atoms with E-state index in [0.29, 0.717) is 56.6 Å². The summed E-state index contributed by atoms with van der Waals surface area (Å²) in [6, 6.07) is 9.30. The molecule has 5 rings (SSSR count). The van der Waals surface area contributed by atoms with Gasteiger partial charge in [-0.3, -0.25) is 9.69 Å². The second-order valence-electron chi connectivity index (χ2n) is 9.78. The Balaban J connectivity index is 1.41. The minimum absolute atomic E-state index is 0.109. The molecule has 14 heteroatoms. The van der Waals surface area contributed by atoms with Gasteiger partial charge in [0.05, 0.1) is 11.9 Å². The summed E-state index contributed by atoms with van der Waals surface area (Å²) in [5, 5.41) is 9.15. The summed E-state index contributed by atoms with van der Waals surface area (Å²) in [6.45, 7) is 0.735. The molecule has 3 heterocycles. The maximum Gasteiger partial charge on any atom is 0.421 e. The lowest BCUT2D eigenvalue weighted by Crippen LogP contribution is -2.55. The number of thiocarbonyl (C=S) groups is 1. The van der Waals surface area contributed by atoms with Gasteiger partial charge in [0.25, 0.3) is 5.91 Å². The van der Waals surface area contributed by atoms with Gasteiger partial charge in [0.1, 0.15) is 29.0 Å². The van der Waals surface area contributed by atoms with Crippen LogP contribution in [0.2, 0.25) is 0 Å². The van der Waals surface area contributed by atoms with Crippen LogP contribution >= 0.6 is 12.2 Å². The molecule has 39 heavy (non-hydrogen) atoms. The van der Waals surface area contributed by atoms with Gasteiger partial charge in [-0.05, 0) is 74.7 Å². The van der Waals surface area contributed by atoms with Crippen LogP contribution in [0, 0.1) is 11.3 Å². The minimum Gasteiger partial charge on any atom is -0.490 e. The number of carbonyl (C=O) groups excluding carboxylic acids is 1. The van der Waals surface area contributed by atoms with E-state index in [9.17, 15) is 31.6 Å². The highest BCUT2D eigenvalue weighted by atomic mass is 32.2. The number of hydrogen-bond acceptors (Lipinski definition) is 7. The number of alkyl halides is 3. The third-order valence-electron chi connectivity index (χ3n) is 7.42. The van der Waals surface area contributed by atoms with Crippen LogP contribution in [0.4, 0.5) is 24.5 Å². The highest BCUT2D eigenvalue weighted by Crippen LogP contribution is 2.50. The monoisotopic (exact) mass is 579 g/mol. The van der Waals surface area contributed by atoms with Gasteiger partial charge in [-0.2, -0.15) is 18.4 Å². The summed E-state index contributed by atoms with van der Waals surface area (Å²) in [4.78, 5) is 19.7. The van der Waals surface area contributed by atoms with Crippen LogP contribution < -0.4 is 14.5 Å². The van der Waals surface area contributed by atoms with Gasteiger partial charge in [-0.15, -0.1) is 0 Å². The standard InChI is InChI=1S/C25H24F3N5O4S2/c1-39(35,36)31-13-8-18(9-14-31)37-17-5-3-16(4-6-17)33-23(38)32(22(34)24(33)10-2-11-24)20-7-12-30-19(15-29)21(20)25(26,27)28/h3-7,12,18H,2,8-11,13-14H2,1H3. The number of amides is 1. The van der Waals surface area contributed by atoms with Crippen molar-refractivity contribution in [3.05, 3.63) is 47.8 Å². The predicted octanol–water partition coefficient (Wildman–Crippen LogP) is 3.84. The lowest BCUT2D eigenvalue weighted by molar-refractivity contribution is -0.137. The minimum atomic E-state index is -4.93. The van der Waals surface area contributed by atoms with Crippen LogP contribution in [-0.4, -0.2) is 59.7 Å². The van der Waals surface area contributed by atoms with Gasteiger partial charge < -0.3 is 9.64 Å². The van der Waals surface area contributed by atoms with Gasteiger partial charge in [-0.1, -0.05) is 0 Å². The zero-order valence-electron chi connectivity index (χ0n) is 20.8. The van der Waals surface area contributed by atoms with Crippen molar-refractivity contribution in [2.24, 2.45) is 0 Å². The van der Waals surface area contributed by atoms with Crippen molar-refractivity contribution < 1.29 is 31.1 Å². The third-order valence-corrected chi connectivity index (χ3v) is 9.09. The van der Waals surface area contributed by atoms with Crippen molar-refractivity contribution in [2.75, 3.05) is 29.1 Å². The number of piperidine rings is 1. The number of hydrogen-bond donors (Lipinski definition) is 0. The molecule has 0 bridgehead atoms. The number of carbonyl (C=O) groups is 1. The van der Waals surface area contributed by atoms with E-state index in [1.54, 1.807) is 29.2 Å². The molecular formula is C25H24F3N5O4S2. The van der Waals surface area contributed by atoms with E-state index in [0.717, 1.165) is 17.2 Å². The molecule has 1 spiro atoms. The van der Waals surface area contributed by atoms with E-state index >= 15 is 0 Å². The summed E-state index contributed by atoms with van der Waals surface area (Å²) >= 11 is 5.59. The van der Waals surface area contributed by atoms with Crippen molar-refractivity contribution >= 4 is 44.6 Å². The van der Waals surface area contributed by atoms with Gasteiger partial charge >= 0.3 is 6.18 Å². The maximum absolute atomic E-state index is 14.0. The Morgan fingerprint density at radius 3 is 2.31 bits per heavy atom. The number of sulfonamides is 1. The lowest BCUT2D eigenvalue weighted by Gasteiger charge is -2.43. The average molecular weight is 580 g/mol. The first-order valence-corrected chi connectivity index (χ1v) is 14.5. The number of benzene rings is 1. The Bertz CT molecular complexity index is 1460. The van der Waals surface area contributed by atoms with Crippen molar-refractivity contribution in [3.63, 3.8) is 0 Å². The number of ether oxygens (including phenoxy) is 1. The first kappa shape index (κ1) is 27.3. The normalized spacial score (nSPS) is 20.3. The van der Waals surface area contributed by atoms with Crippen LogP contribution in [0.5, 0.6) is 5.75 Å². The van der Waals surface area contributed by atoms with Crippen molar-refractivity contribution in [3.8, 4) is 11.8 Å². The van der Waals surface area contributed by atoms with Crippen molar-refractivity contribution in [1.29, 1.82) is 5.26 Å². The fourth-order valence-corrected chi connectivity index (χ4v) is 6.68. The Morgan fingerprint density at radius 2 is 1.79 bits per heavy atom. The molecule has 0 unspecified atom stereocenters. The SMILES string of the molecule is CS(=O)(=O)N1CCC(Oc2ccc(N3C(=S)N(c4ccnc(C#N)c4C(F)(F)F)C(=O)C34CCC4)cc2)CC1. The molecular weight excluding hydrogens is 555 g/mol. The van der Waals surface area contributed by atoms with E-state index < -0.39 is 44.6 Å². The molecule has 2 aromatic rings. The van der Waals surface area contributed by atoms with Crippen LogP contribution in [0.15, 0.2) is 36.5 Å². The number of rotatable bonds is 5. The van der Waals surface area contributed by atoms with Gasteiger partial charge in [0.15, 0.2) is 10.8 Å². The molecule has 206 valence electrons. The van der Waals surface area contributed by atoms with Gasteiger partial charge in [0, 0.05) is 25.0 Å². The first-order chi connectivity index (χ1) is 18.4. The lowest BCUT2D eigenvalue weighted by atomic mass is 9.75. The first-order valence-electron chi connectivity index (χ1n) is 12.2. The Kier molecular flexibility index (Phi) is 6.80. The molecule has 1 aliphatic carbocycles. The number of nitriles is 1. The van der Waals surface area contributed by atoms with Crippen LogP contribution in [-0.2, 0) is 21.0 Å². The molecule has 2 aliphatic heterocycles. The zero-order chi connectivity index (χ0) is 28.2. The Hall–Kier alpha value is -3.28. The van der Waals surface area contributed by atoms with Gasteiger partial charge in [-0.25, -0.2) is 17.7 Å². The van der Waals surface area contributed by atoms with Crippen LogP contribution in [0.25, 0.3) is 0 Å². The van der Waals surface area contributed by atoms with E-state index in [4.69, 9.17) is 17.0 Å². The molecule has 2 saturated heterocycles. The molecule has 1 saturated carbocycles. The molecule has 1 amide bonds. The van der Waals surface area contributed by atoms with E-state index in [-0.39, 0.29) is 11.2 Å². The molecule has 0 radical (unpaired) electrons. The summed E-state index contributed by atoms with van der Waals surface area (Å²) in [7, 11) is -3.25. The fraction of sp³-hybridized carbons (Fsp3) is 0.440. The van der Waals surface area contributed by atoms with E-state index in [2.05, 4.69) is 4.98 Å². The quantitative estimate of drug-likeness (QED) is 0.492. The van der Waals surface area contributed by atoms with E-state index in [1.807, 2.05) is 0 Å². The smallest absolute Gasteiger partial charge is 0.421 e. The van der Waals surface area contributed by atoms with Gasteiger partial charge in [0.2, 0.25) is 10.0 Å². The summed E-state index contributed by atoms with van der Waals surface area (Å²) < 4.78 is 72.9. The topological polar surface area (TPSA) is 107 Å². The van der Waals surface area contributed by atoms with Crippen LogP contribution in [0.1, 0.15) is 43.4 Å². The summed E-state index contributed by atoms with van der Waals surface area (Å²) in [6.07, 6.45) is -0.253. The number of anilines is 2. The molecule has 1 aromatic heterocycles. The Morgan fingerprint density at radius 1 is 1.15 bits per heavy atom. The second kappa shape index (κ2) is 9.72. The predicted molar refractivity (Wildman–Crippen MR) is 140 cm³/mol. The molecule has 0 N–H and O–H groups in total. The largest absolute Gasteiger partial charge is 0.490 e. The number of pyridine rings is 1. The molecule has 9 nitrogen and oxygen atoms in total. The van der Waals surface area contributed by atoms with Crippen molar-refractivity contribution in [2.45, 2.75) is 49.9 Å². The maximum atomic E-state index is 14.0. The van der Waals surface area contributed by atoms with Crippen molar-refractivity contribution in [1.82, 2.24) is 9.29 Å². The molecule has 0 atom stereocenters. The molecule has 3 fully saturated rings. The highest BCUT2D eigenvalue weighted by molar-refractivity contribution is 7.88. The third kappa shape index (κ3) is 4.72.